The van der Waals surface area contributed by atoms with E-state index in [-0.39, 0.29) is 11.7 Å². The zero-order valence-corrected chi connectivity index (χ0v) is 20.1. The molecule has 170 valence electrons. The summed E-state index contributed by atoms with van der Waals surface area (Å²) in [5.74, 6) is 1.52. The first-order chi connectivity index (χ1) is 16.0. The van der Waals surface area contributed by atoms with Crippen LogP contribution in [0.4, 0.5) is 0 Å². The van der Waals surface area contributed by atoms with Gasteiger partial charge in [-0.15, -0.1) is 0 Å². The number of hydrogen-bond donors (Lipinski definition) is 1. The zero-order valence-electron chi connectivity index (χ0n) is 18.5. The Balaban J connectivity index is 1.52. The number of amides is 1. The van der Waals surface area contributed by atoms with Crippen LogP contribution in [0.25, 0.3) is 5.69 Å². The third kappa shape index (κ3) is 5.07. The van der Waals surface area contributed by atoms with E-state index in [1.54, 1.807) is 19.5 Å². The van der Waals surface area contributed by atoms with Gasteiger partial charge < -0.3 is 14.6 Å². The highest BCUT2D eigenvalue weighted by molar-refractivity contribution is 7.99. The van der Waals surface area contributed by atoms with Gasteiger partial charge in [0.15, 0.2) is 5.16 Å². The van der Waals surface area contributed by atoms with Gasteiger partial charge in [-0.1, -0.05) is 41.6 Å². The Bertz CT molecular complexity index is 1270. The van der Waals surface area contributed by atoms with Crippen LogP contribution in [0.3, 0.4) is 0 Å². The quantitative estimate of drug-likeness (QED) is 0.373. The molecule has 2 heterocycles. The summed E-state index contributed by atoms with van der Waals surface area (Å²) in [6, 6.07) is 12.9. The zero-order chi connectivity index (χ0) is 23.4. The number of carbonyl (C=O) groups excluding carboxylic acids is 1. The van der Waals surface area contributed by atoms with E-state index in [2.05, 4.69) is 15.3 Å². The Hall–Kier alpha value is -3.23. The van der Waals surface area contributed by atoms with Crippen LogP contribution in [0.2, 0.25) is 5.02 Å². The van der Waals surface area contributed by atoms with Crippen LogP contribution in [0, 0.1) is 6.92 Å². The second kappa shape index (κ2) is 10.1. The van der Waals surface area contributed by atoms with Crippen molar-refractivity contribution in [2.45, 2.75) is 18.1 Å². The van der Waals surface area contributed by atoms with Crippen molar-refractivity contribution in [1.82, 2.24) is 24.4 Å². The molecule has 0 fully saturated rings. The van der Waals surface area contributed by atoms with Crippen molar-refractivity contribution in [3.05, 3.63) is 89.2 Å². The van der Waals surface area contributed by atoms with Crippen LogP contribution in [0.5, 0.6) is 5.75 Å². The van der Waals surface area contributed by atoms with Crippen molar-refractivity contribution in [3.8, 4) is 11.4 Å². The monoisotopic (exact) mass is 481 g/mol. The van der Waals surface area contributed by atoms with Gasteiger partial charge in [-0.3, -0.25) is 9.36 Å². The number of methoxy groups -OCH3 is 1. The van der Waals surface area contributed by atoms with Crippen molar-refractivity contribution in [2.75, 3.05) is 12.9 Å². The van der Waals surface area contributed by atoms with E-state index in [1.165, 1.54) is 11.8 Å². The van der Waals surface area contributed by atoms with Crippen LogP contribution in [-0.4, -0.2) is 37.9 Å². The summed E-state index contributed by atoms with van der Waals surface area (Å²) in [6.45, 7) is 1.96. The van der Waals surface area contributed by atoms with Gasteiger partial charge in [-0.05, 0) is 42.3 Å². The SMILES string of the molecule is COc1cccc(C(NC(=O)CSc2nccn2-c2cccc(Cl)c2C)c2nccn2C)c1. The molecule has 0 saturated heterocycles. The van der Waals surface area contributed by atoms with Gasteiger partial charge in [0.2, 0.25) is 5.91 Å². The minimum absolute atomic E-state index is 0.131. The molecule has 33 heavy (non-hydrogen) atoms. The summed E-state index contributed by atoms with van der Waals surface area (Å²) in [4.78, 5) is 21.9. The average Bonchev–Trinajstić information content (AvgIpc) is 3.46. The Morgan fingerprint density at radius 2 is 1.97 bits per heavy atom. The molecule has 0 spiro atoms. The Morgan fingerprint density at radius 1 is 1.18 bits per heavy atom. The Labute approximate surface area is 201 Å². The first kappa shape index (κ1) is 22.9. The van der Waals surface area contributed by atoms with E-state index in [0.717, 1.165) is 22.6 Å². The number of aryl methyl sites for hydroxylation is 1. The summed E-state index contributed by atoms with van der Waals surface area (Å²) in [5.41, 5.74) is 2.78. The van der Waals surface area contributed by atoms with Crippen LogP contribution in [0.1, 0.15) is 23.0 Å². The molecule has 0 aliphatic carbocycles. The van der Waals surface area contributed by atoms with Crippen LogP contribution >= 0.6 is 23.4 Å². The van der Waals surface area contributed by atoms with Crippen LogP contribution in [0.15, 0.2) is 72.4 Å². The molecule has 0 aliphatic heterocycles. The molecule has 0 radical (unpaired) electrons. The van der Waals surface area contributed by atoms with Crippen molar-refractivity contribution in [1.29, 1.82) is 0 Å². The number of ether oxygens (including phenoxy) is 1. The van der Waals surface area contributed by atoms with Gasteiger partial charge in [-0.25, -0.2) is 9.97 Å². The molecule has 1 unspecified atom stereocenters. The molecule has 2 aromatic carbocycles. The molecular formula is C24H24ClN5O2S. The van der Waals surface area contributed by atoms with Crippen molar-refractivity contribution >= 4 is 29.3 Å². The number of halogens is 1. The average molecular weight is 482 g/mol. The largest absolute Gasteiger partial charge is 0.497 e. The molecule has 1 N–H and O–H groups in total. The van der Waals surface area contributed by atoms with E-state index < -0.39 is 6.04 Å². The molecule has 4 aromatic rings. The third-order valence-electron chi connectivity index (χ3n) is 5.29. The number of hydrogen-bond acceptors (Lipinski definition) is 5. The molecule has 0 bridgehead atoms. The second-order valence-corrected chi connectivity index (χ2v) is 8.78. The predicted molar refractivity (Wildman–Crippen MR) is 130 cm³/mol. The number of aromatic nitrogens is 4. The molecule has 0 aliphatic rings. The molecule has 1 atom stereocenters. The Morgan fingerprint density at radius 3 is 2.73 bits per heavy atom. The van der Waals surface area contributed by atoms with Gasteiger partial charge in [0.1, 0.15) is 17.6 Å². The predicted octanol–water partition coefficient (Wildman–Crippen LogP) is 4.57. The minimum Gasteiger partial charge on any atom is -0.497 e. The second-order valence-electron chi connectivity index (χ2n) is 7.43. The highest BCUT2D eigenvalue weighted by Crippen LogP contribution is 2.28. The summed E-state index contributed by atoms with van der Waals surface area (Å²) in [6.07, 6.45) is 7.15. The van der Waals surface area contributed by atoms with Crippen molar-refractivity contribution in [3.63, 3.8) is 0 Å². The topological polar surface area (TPSA) is 74.0 Å². The molecular weight excluding hydrogens is 458 g/mol. The Kier molecular flexibility index (Phi) is 7.05. The lowest BCUT2D eigenvalue weighted by Crippen LogP contribution is -2.32. The number of imidazole rings is 2. The lowest BCUT2D eigenvalue weighted by Gasteiger charge is -2.20. The first-order valence-electron chi connectivity index (χ1n) is 10.3. The number of rotatable bonds is 8. The maximum Gasteiger partial charge on any atom is 0.231 e. The lowest BCUT2D eigenvalue weighted by molar-refractivity contribution is -0.119. The van der Waals surface area contributed by atoms with E-state index in [1.807, 2.05) is 78.0 Å². The normalized spacial score (nSPS) is 11.9. The number of nitrogens with one attached hydrogen (secondary N) is 1. The molecule has 0 saturated carbocycles. The highest BCUT2D eigenvalue weighted by atomic mass is 35.5. The van der Waals surface area contributed by atoms with Gasteiger partial charge in [0.05, 0.1) is 18.6 Å². The number of benzene rings is 2. The molecule has 1 amide bonds. The van der Waals surface area contributed by atoms with Gasteiger partial charge in [0, 0.05) is 36.9 Å². The molecule has 9 heteroatoms. The maximum atomic E-state index is 13.0. The first-order valence-corrected chi connectivity index (χ1v) is 11.7. The summed E-state index contributed by atoms with van der Waals surface area (Å²) >= 11 is 7.65. The fraction of sp³-hybridized carbons (Fsp3) is 0.208. The number of carbonyl (C=O) groups is 1. The maximum absolute atomic E-state index is 13.0. The number of thioether (sulfide) groups is 1. The van der Waals surface area contributed by atoms with Crippen LogP contribution < -0.4 is 10.1 Å². The van der Waals surface area contributed by atoms with Crippen molar-refractivity contribution < 1.29 is 9.53 Å². The van der Waals surface area contributed by atoms with E-state index in [9.17, 15) is 4.79 Å². The van der Waals surface area contributed by atoms with Gasteiger partial charge in [-0.2, -0.15) is 0 Å². The van der Waals surface area contributed by atoms with Crippen LogP contribution in [-0.2, 0) is 11.8 Å². The van der Waals surface area contributed by atoms with Crippen molar-refractivity contribution in [2.24, 2.45) is 7.05 Å². The number of nitrogens with zero attached hydrogens (tertiary/aromatic N) is 4. The lowest BCUT2D eigenvalue weighted by atomic mass is 10.1. The van der Waals surface area contributed by atoms with Gasteiger partial charge >= 0.3 is 0 Å². The van der Waals surface area contributed by atoms with E-state index in [0.29, 0.717) is 15.9 Å². The molecule has 4 rings (SSSR count). The summed E-state index contributed by atoms with van der Waals surface area (Å²) < 4.78 is 9.20. The minimum atomic E-state index is -0.414. The van der Waals surface area contributed by atoms with Gasteiger partial charge in [0.25, 0.3) is 0 Å². The summed E-state index contributed by atoms with van der Waals surface area (Å²) in [5, 5.41) is 4.51. The fourth-order valence-corrected chi connectivity index (χ4v) is 4.49. The molecule has 2 aromatic heterocycles. The van der Waals surface area contributed by atoms with E-state index >= 15 is 0 Å². The third-order valence-corrected chi connectivity index (χ3v) is 6.66. The standard InChI is InChI=1S/C24H24ClN5O2S/c1-16-19(25)8-5-9-20(16)30-13-11-27-24(30)33-15-21(31)28-22(23-26-10-12-29(23)2)17-6-4-7-18(14-17)32-3/h4-14,22H,15H2,1-3H3,(H,28,31). The molecule has 7 nitrogen and oxygen atoms in total. The summed E-state index contributed by atoms with van der Waals surface area (Å²) in [7, 11) is 3.52. The smallest absolute Gasteiger partial charge is 0.231 e. The highest BCUT2D eigenvalue weighted by Gasteiger charge is 2.22. The fourth-order valence-electron chi connectivity index (χ4n) is 3.54. The van der Waals surface area contributed by atoms with E-state index in [4.69, 9.17) is 16.3 Å².